The second-order valence-electron chi connectivity index (χ2n) is 10.6. The van der Waals surface area contributed by atoms with Gasteiger partial charge in [-0.25, -0.2) is 0 Å². The van der Waals surface area contributed by atoms with Crippen molar-refractivity contribution in [2.45, 2.75) is 44.8 Å². The van der Waals surface area contributed by atoms with E-state index in [1.165, 1.54) is 11.1 Å². The monoisotopic (exact) mass is 553 g/mol. The Morgan fingerprint density at radius 3 is 2.66 bits per heavy atom. The third-order valence-electron chi connectivity index (χ3n) is 7.75. The van der Waals surface area contributed by atoms with E-state index in [4.69, 9.17) is 14.2 Å². The Labute approximate surface area is 242 Å². The molecule has 4 aromatic rings. The molecule has 0 saturated carbocycles. The number of ether oxygens (including phenoxy) is 3. The van der Waals surface area contributed by atoms with Crippen molar-refractivity contribution in [3.8, 4) is 17.2 Å². The summed E-state index contributed by atoms with van der Waals surface area (Å²) in [5.74, 6) is 1.89. The topological polar surface area (TPSA) is 64.1 Å². The first-order chi connectivity index (χ1) is 20.1. The minimum absolute atomic E-state index is 0.0168. The average Bonchev–Trinajstić information content (AvgIpc) is 3.01. The van der Waals surface area contributed by atoms with E-state index in [0.29, 0.717) is 23.7 Å². The molecule has 3 aromatic carbocycles. The lowest BCUT2D eigenvalue weighted by atomic mass is 9.98. The molecule has 7 heteroatoms. The summed E-state index contributed by atoms with van der Waals surface area (Å²) in [7, 11) is 5.28. The van der Waals surface area contributed by atoms with Crippen molar-refractivity contribution in [2.75, 3.05) is 34.4 Å². The Morgan fingerprint density at radius 1 is 0.976 bits per heavy atom. The molecule has 1 aromatic heterocycles. The van der Waals surface area contributed by atoms with E-state index in [-0.39, 0.29) is 11.9 Å². The zero-order valence-corrected chi connectivity index (χ0v) is 24.2. The highest BCUT2D eigenvalue weighted by atomic mass is 16.5. The van der Waals surface area contributed by atoms with Crippen LogP contribution in [0.5, 0.6) is 17.2 Å². The van der Waals surface area contributed by atoms with Crippen LogP contribution in [0, 0.1) is 0 Å². The van der Waals surface area contributed by atoms with Gasteiger partial charge in [-0.15, -0.1) is 0 Å². The van der Waals surface area contributed by atoms with E-state index in [1.54, 1.807) is 14.2 Å². The van der Waals surface area contributed by atoms with E-state index in [1.807, 2.05) is 47.5 Å². The summed E-state index contributed by atoms with van der Waals surface area (Å²) in [5, 5.41) is 1.16. The van der Waals surface area contributed by atoms with Gasteiger partial charge in [0.05, 0.1) is 31.9 Å². The fourth-order valence-corrected chi connectivity index (χ4v) is 5.78. The number of piperidine rings is 1. The van der Waals surface area contributed by atoms with Gasteiger partial charge >= 0.3 is 0 Å². The Morgan fingerprint density at radius 2 is 1.80 bits per heavy atom. The van der Waals surface area contributed by atoms with Crippen molar-refractivity contribution in [3.63, 3.8) is 0 Å². The van der Waals surface area contributed by atoms with Crippen molar-refractivity contribution in [3.05, 3.63) is 95.7 Å². The molecule has 5 rings (SSSR count). The molecule has 0 spiro atoms. The highest BCUT2D eigenvalue weighted by Crippen LogP contribution is 2.33. The lowest BCUT2D eigenvalue weighted by Crippen LogP contribution is -2.44. The van der Waals surface area contributed by atoms with Gasteiger partial charge in [-0.05, 0) is 67.8 Å². The van der Waals surface area contributed by atoms with Gasteiger partial charge in [0.2, 0.25) is 0 Å². The SMILES string of the molecule is COc1cccc(C(=O)N2CCCC[C@@H]2CCOc2cccc(CN(C)Cc3cccc4cccnc34)c2)c1OC. The zero-order valence-electron chi connectivity index (χ0n) is 24.2. The van der Waals surface area contributed by atoms with Gasteiger partial charge < -0.3 is 19.1 Å². The first-order valence-corrected chi connectivity index (χ1v) is 14.3. The fourth-order valence-electron chi connectivity index (χ4n) is 5.78. The summed E-state index contributed by atoms with van der Waals surface area (Å²) in [5.41, 5.74) is 4.00. The predicted octanol–water partition coefficient (Wildman–Crippen LogP) is 6.35. The highest BCUT2D eigenvalue weighted by molar-refractivity contribution is 5.98. The molecule has 41 heavy (non-hydrogen) atoms. The van der Waals surface area contributed by atoms with Crippen molar-refractivity contribution in [1.82, 2.24) is 14.8 Å². The van der Waals surface area contributed by atoms with Crippen LogP contribution < -0.4 is 14.2 Å². The summed E-state index contributed by atoms with van der Waals surface area (Å²) >= 11 is 0. The number of carbonyl (C=O) groups is 1. The number of amides is 1. The summed E-state index contributed by atoms with van der Waals surface area (Å²) in [6.07, 6.45) is 5.70. The lowest BCUT2D eigenvalue weighted by Gasteiger charge is -2.36. The minimum atomic E-state index is -0.0168. The second kappa shape index (κ2) is 13.5. The first kappa shape index (κ1) is 28.4. The van der Waals surface area contributed by atoms with Crippen molar-refractivity contribution in [2.24, 2.45) is 0 Å². The third-order valence-corrected chi connectivity index (χ3v) is 7.75. The van der Waals surface area contributed by atoms with Gasteiger partial charge in [0, 0.05) is 43.7 Å². The number of nitrogens with zero attached hydrogens (tertiary/aromatic N) is 3. The van der Waals surface area contributed by atoms with Gasteiger partial charge in [0.15, 0.2) is 11.5 Å². The zero-order chi connectivity index (χ0) is 28.6. The van der Waals surface area contributed by atoms with Crippen molar-refractivity contribution in [1.29, 1.82) is 0 Å². The van der Waals surface area contributed by atoms with E-state index in [2.05, 4.69) is 53.3 Å². The molecule has 1 atom stereocenters. The van der Waals surface area contributed by atoms with Crippen LogP contribution in [0.15, 0.2) is 79.0 Å². The number of aromatic nitrogens is 1. The van der Waals surface area contributed by atoms with Crippen LogP contribution >= 0.6 is 0 Å². The molecule has 214 valence electrons. The maximum absolute atomic E-state index is 13.6. The van der Waals surface area contributed by atoms with Gasteiger partial charge in [0.1, 0.15) is 5.75 Å². The smallest absolute Gasteiger partial charge is 0.258 e. The molecule has 1 fully saturated rings. The maximum atomic E-state index is 13.6. The molecule has 7 nitrogen and oxygen atoms in total. The Balaban J connectivity index is 1.18. The Hall–Kier alpha value is -4.10. The molecule has 1 aliphatic rings. The standard InChI is InChI=1S/C34H39N3O4/c1-36(24-27-12-7-11-26-13-9-19-35-32(26)27)23-25-10-6-15-29(22-25)41-21-18-28-14-4-5-20-37(28)34(38)30-16-8-17-31(39-2)33(30)40-3/h6-13,15-17,19,22,28H,4-5,14,18,20-21,23-24H2,1-3H3/t28-/m1/s1. The molecule has 0 bridgehead atoms. The van der Waals surface area contributed by atoms with E-state index < -0.39 is 0 Å². The number of rotatable bonds is 11. The number of carbonyl (C=O) groups excluding carboxylic acids is 1. The van der Waals surface area contributed by atoms with E-state index in [9.17, 15) is 4.79 Å². The number of benzene rings is 3. The Kier molecular flexibility index (Phi) is 9.36. The van der Waals surface area contributed by atoms with Crippen LogP contribution in [-0.2, 0) is 13.1 Å². The number of hydrogen-bond donors (Lipinski definition) is 0. The van der Waals surface area contributed by atoms with Gasteiger partial charge in [-0.3, -0.25) is 14.7 Å². The molecule has 1 aliphatic heterocycles. The molecule has 1 saturated heterocycles. The molecule has 0 unspecified atom stereocenters. The minimum Gasteiger partial charge on any atom is -0.494 e. The quantitative estimate of drug-likeness (QED) is 0.216. The normalized spacial score (nSPS) is 15.2. The molecule has 0 radical (unpaired) electrons. The molecule has 0 N–H and O–H groups in total. The van der Waals surface area contributed by atoms with Crippen molar-refractivity contribution >= 4 is 16.8 Å². The molecule has 2 heterocycles. The third kappa shape index (κ3) is 6.80. The predicted molar refractivity (Wildman–Crippen MR) is 162 cm³/mol. The number of fused-ring (bicyclic) bond motifs is 1. The van der Waals surface area contributed by atoms with Gasteiger partial charge in [-0.1, -0.05) is 42.5 Å². The number of likely N-dealkylation sites (tertiary alicyclic amines) is 1. The van der Waals surface area contributed by atoms with E-state index in [0.717, 1.165) is 62.0 Å². The van der Waals surface area contributed by atoms with Crippen LogP contribution in [0.3, 0.4) is 0 Å². The number of methoxy groups -OCH3 is 2. The number of para-hydroxylation sites is 2. The van der Waals surface area contributed by atoms with Crippen LogP contribution in [-0.4, -0.2) is 61.2 Å². The molecular weight excluding hydrogens is 514 g/mol. The summed E-state index contributed by atoms with van der Waals surface area (Å²) in [6, 6.07) is 24.3. The fraction of sp³-hybridized carbons (Fsp3) is 0.353. The van der Waals surface area contributed by atoms with Gasteiger partial charge in [-0.2, -0.15) is 0 Å². The summed E-state index contributed by atoms with van der Waals surface area (Å²) in [4.78, 5) is 22.5. The largest absolute Gasteiger partial charge is 0.494 e. The van der Waals surface area contributed by atoms with Crippen LogP contribution in [0.25, 0.3) is 10.9 Å². The van der Waals surface area contributed by atoms with E-state index >= 15 is 0 Å². The lowest BCUT2D eigenvalue weighted by molar-refractivity contribution is 0.0576. The second-order valence-corrected chi connectivity index (χ2v) is 10.6. The highest BCUT2D eigenvalue weighted by Gasteiger charge is 2.30. The molecular formula is C34H39N3O4. The summed E-state index contributed by atoms with van der Waals surface area (Å²) < 4.78 is 17.2. The molecule has 0 aliphatic carbocycles. The van der Waals surface area contributed by atoms with Crippen LogP contribution in [0.1, 0.15) is 47.2 Å². The Bertz CT molecular complexity index is 1470. The average molecular weight is 554 g/mol. The number of pyridine rings is 1. The maximum Gasteiger partial charge on any atom is 0.258 e. The summed E-state index contributed by atoms with van der Waals surface area (Å²) in [6.45, 7) is 2.89. The van der Waals surface area contributed by atoms with Gasteiger partial charge in [0.25, 0.3) is 5.91 Å². The van der Waals surface area contributed by atoms with Crippen molar-refractivity contribution < 1.29 is 19.0 Å². The first-order valence-electron chi connectivity index (χ1n) is 14.3. The van der Waals surface area contributed by atoms with Crippen LogP contribution in [0.2, 0.25) is 0 Å². The van der Waals surface area contributed by atoms with Crippen LogP contribution in [0.4, 0.5) is 0 Å². The number of hydrogen-bond acceptors (Lipinski definition) is 6. The molecule has 1 amide bonds.